The molecule has 0 spiro atoms. The molecule has 0 heterocycles. The van der Waals surface area contributed by atoms with Crippen LogP contribution in [0, 0.1) is 17.5 Å². The number of rotatable bonds is 6. The maximum atomic E-state index is 13.9. The summed E-state index contributed by atoms with van der Waals surface area (Å²) < 4.78 is 60.9. The first-order valence-electron chi connectivity index (χ1n) is 6.85. The minimum absolute atomic E-state index is 0.0508. The molecule has 0 aliphatic rings. The standard InChI is InChI=1S/C16H14F3NO5/c1-22-11-4-3-9(17)15(19)8(11)7-24-14-6-12(25-16(20)21)10(18)5-13(14)23-2/h3-6H,7H2,1-2H3,(H2,20,21). The van der Waals surface area contributed by atoms with Gasteiger partial charge >= 0.3 is 6.09 Å². The second-order valence-electron chi connectivity index (χ2n) is 4.69. The van der Waals surface area contributed by atoms with E-state index in [1.807, 2.05) is 0 Å². The molecular weight excluding hydrogens is 343 g/mol. The normalized spacial score (nSPS) is 10.3. The van der Waals surface area contributed by atoms with Gasteiger partial charge in [-0.05, 0) is 12.1 Å². The van der Waals surface area contributed by atoms with E-state index in [0.29, 0.717) is 0 Å². The highest BCUT2D eigenvalue weighted by atomic mass is 19.2. The lowest BCUT2D eigenvalue weighted by molar-refractivity contribution is 0.208. The van der Waals surface area contributed by atoms with E-state index in [1.54, 1.807) is 0 Å². The largest absolute Gasteiger partial charge is 0.496 e. The summed E-state index contributed by atoms with van der Waals surface area (Å²) >= 11 is 0. The summed E-state index contributed by atoms with van der Waals surface area (Å²) in [7, 11) is 2.53. The van der Waals surface area contributed by atoms with Gasteiger partial charge in [-0.15, -0.1) is 0 Å². The molecule has 0 aliphatic carbocycles. The molecule has 134 valence electrons. The zero-order chi connectivity index (χ0) is 18.6. The summed E-state index contributed by atoms with van der Waals surface area (Å²) in [4.78, 5) is 10.8. The predicted octanol–water partition coefficient (Wildman–Crippen LogP) is 3.16. The highest BCUT2D eigenvalue weighted by molar-refractivity contribution is 5.68. The molecule has 0 saturated heterocycles. The summed E-state index contributed by atoms with van der Waals surface area (Å²) in [6.45, 7) is -0.454. The minimum atomic E-state index is -1.23. The molecule has 2 aromatic rings. The van der Waals surface area contributed by atoms with Gasteiger partial charge in [0.05, 0.1) is 19.8 Å². The van der Waals surface area contributed by atoms with Gasteiger partial charge in [0.1, 0.15) is 12.4 Å². The molecular formula is C16H14F3NO5. The van der Waals surface area contributed by atoms with Crippen LogP contribution in [0.1, 0.15) is 5.56 Å². The van der Waals surface area contributed by atoms with Crippen LogP contribution < -0.4 is 24.7 Å². The molecule has 9 heteroatoms. The van der Waals surface area contributed by atoms with Crippen molar-refractivity contribution in [1.82, 2.24) is 0 Å². The Labute approximate surface area is 140 Å². The van der Waals surface area contributed by atoms with E-state index in [4.69, 9.17) is 19.9 Å². The molecule has 2 N–H and O–H groups in total. The molecule has 25 heavy (non-hydrogen) atoms. The van der Waals surface area contributed by atoms with Crippen LogP contribution in [0.3, 0.4) is 0 Å². The van der Waals surface area contributed by atoms with Crippen LogP contribution in [0.5, 0.6) is 23.0 Å². The fourth-order valence-electron chi connectivity index (χ4n) is 2.03. The highest BCUT2D eigenvalue weighted by Gasteiger charge is 2.18. The molecule has 0 unspecified atom stereocenters. The number of hydrogen-bond donors (Lipinski definition) is 1. The molecule has 6 nitrogen and oxygen atoms in total. The van der Waals surface area contributed by atoms with Gasteiger partial charge in [-0.25, -0.2) is 18.0 Å². The van der Waals surface area contributed by atoms with Gasteiger partial charge in [0, 0.05) is 12.1 Å². The fraction of sp³-hybridized carbons (Fsp3) is 0.188. The average molecular weight is 357 g/mol. The summed E-state index contributed by atoms with van der Waals surface area (Å²) in [5, 5.41) is 0. The Morgan fingerprint density at radius 1 is 0.960 bits per heavy atom. The van der Waals surface area contributed by atoms with Crippen LogP contribution in [-0.2, 0) is 6.61 Å². The second kappa shape index (κ2) is 7.65. The number of ether oxygens (including phenoxy) is 4. The zero-order valence-corrected chi connectivity index (χ0v) is 13.3. The van der Waals surface area contributed by atoms with Crippen molar-refractivity contribution in [3.05, 3.63) is 47.3 Å². The van der Waals surface area contributed by atoms with Crippen LogP contribution in [0.4, 0.5) is 18.0 Å². The Hall–Kier alpha value is -3.10. The van der Waals surface area contributed by atoms with E-state index in [0.717, 1.165) is 18.2 Å². The number of primary amides is 1. The minimum Gasteiger partial charge on any atom is -0.496 e. The number of hydrogen-bond acceptors (Lipinski definition) is 5. The number of amides is 1. The average Bonchev–Trinajstić information content (AvgIpc) is 2.57. The van der Waals surface area contributed by atoms with E-state index in [-0.39, 0.29) is 22.8 Å². The Kier molecular flexibility index (Phi) is 5.58. The quantitative estimate of drug-likeness (QED) is 0.859. The third-order valence-electron chi connectivity index (χ3n) is 3.17. The predicted molar refractivity (Wildman–Crippen MR) is 80.4 cm³/mol. The Bertz CT molecular complexity index is 798. The third kappa shape index (κ3) is 4.06. The van der Waals surface area contributed by atoms with Crippen molar-refractivity contribution in [1.29, 1.82) is 0 Å². The third-order valence-corrected chi connectivity index (χ3v) is 3.17. The molecule has 2 rings (SSSR count). The van der Waals surface area contributed by atoms with Crippen LogP contribution in [0.25, 0.3) is 0 Å². The first-order valence-corrected chi connectivity index (χ1v) is 6.85. The van der Waals surface area contributed by atoms with Crippen molar-refractivity contribution in [3.63, 3.8) is 0 Å². The molecule has 1 amide bonds. The smallest absolute Gasteiger partial charge is 0.410 e. The van der Waals surface area contributed by atoms with Crippen molar-refractivity contribution in [3.8, 4) is 23.0 Å². The maximum Gasteiger partial charge on any atom is 0.410 e. The van der Waals surface area contributed by atoms with Crippen molar-refractivity contribution >= 4 is 6.09 Å². The van der Waals surface area contributed by atoms with E-state index < -0.39 is 35.9 Å². The van der Waals surface area contributed by atoms with Gasteiger partial charge in [-0.1, -0.05) is 0 Å². The van der Waals surface area contributed by atoms with E-state index in [9.17, 15) is 18.0 Å². The maximum absolute atomic E-state index is 13.9. The number of methoxy groups -OCH3 is 2. The molecule has 0 aromatic heterocycles. The summed E-state index contributed by atoms with van der Waals surface area (Å²) in [6, 6.07) is 4.05. The highest BCUT2D eigenvalue weighted by Crippen LogP contribution is 2.35. The first kappa shape index (κ1) is 18.2. The molecule has 0 aliphatic heterocycles. The number of benzene rings is 2. The van der Waals surface area contributed by atoms with Crippen molar-refractivity contribution < 1.29 is 36.9 Å². The molecule has 2 aromatic carbocycles. The summed E-state index contributed by atoms with van der Waals surface area (Å²) in [6.07, 6.45) is -1.23. The van der Waals surface area contributed by atoms with E-state index in [1.165, 1.54) is 20.3 Å². The number of halogens is 3. The lowest BCUT2D eigenvalue weighted by Gasteiger charge is -2.15. The number of carbonyl (C=O) groups is 1. The van der Waals surface area contributed by atoms with Gasteiger partial charge < -0.3 is 24.7 Å². The van der Waals surface area contributed by atoms with Gasteiger partial charge in [-0.3, -0.25) is 0 Å². The van der Waals surface area contributed by atoms with E-state index >= 15 is 0 Å². The van der Waals surface area contributed by atoms with E-state index in [2.05, 4.69) is 4.74 Å². The van der Waals surface area contributed by atoms with Crippen LogP contribution in [0.15, 0.2) is 24.3 Å². The van der Waals surface area contributed by atoms with Crippen LogP contribution in [-0.4, -0.2) is 20.3 Å². The fourth-order valence-corrected chi connectivity index (χ4v) is 2.03. The van der Waals surface area contributed by atoms with Gasteiger partial charge in [0.25, 0.3) is 0 Å². The number of carbonyl (C=O) groups excluding carboxylic acids is 1. The lowest BCUT2D eigenvalue weighted by atomic mass is 10.2. The lowest BCUT2D eigenvalue weighted by Crippen LogP contribution is -2.17. The Balaban J connectivity index is 2.34. The summed E-state index contributed by atoms with van der Waals surface area (Å²) in [5.74, 6) is -3.71. The van der Waals surface area contributed by atoms with Crippen LogP contribution >= 0.6 is 0 Å². The molecule has 0 bridgehead atoms. The SMILES string of the molecule is COc1cc(F)c(OC(N)=O)cc1OCc1c(OC)ccc(F)c1F. The molecule has 0 saturated carbocycles. The summed E-state index contributed by atoms with van der Waals surface area (Å²) in [5.41, 5.74) is 4.66. The molecule has 0 atom stereocenters. The Morgan fingerprint density at radius 2 is 1.64 bits per heavy atom. The monoisotopic (exact) mass is 357 g/mol. The van der Waals surface area contributed by atoms with Crippen molar-refractivity contribution in [2.24, 2.45) is 5.73 Å². The van der Waals surface area contributed by atoms with Crippen molar-refractivity contribution in [2.45, 2.75) is 6.61 Å². The van der Waals surface area contributed by atoms with Gasteiger partial charge in [0.15, 0.2) is 34.7 Å². The Morgan fingerprint density at radius 3 is 2.24 bits per heavy atom. The molecule has 0 radical (unpaired) electrons. The second-order valence-corrected chi connectivity index (χ2v) is 4.69. The van der Waals surface area contributed by atoms with Crippen molar-refractivity contribution in [2.75, 3.05) is 14.2 Å². The van der Waals surface area contributed by atoms with Crippen LogP contribution in [0.2, 0.25) is 0 Å². The topological polar surface area (TPSA) is 80.0 Å². The zero-order valence-electron chi connectivity index (χ0n) is 13.3. The number of nitrogens with two attached hydrogens (primary N) is 1. The molecule has 0 fully saturated rings. The van der Waals surface area contributed by atoms with Gasteiger partial charge in [-0.2, -0.15) is 0 Å². The van der Waals surface area contributed by atoms with Gasteiger partial charge in [0.2, 0.25) is 0 Å². The first-order chi connectivity index (χ1) is 11.9.